The number of hydrogen-bond acceptors (Lipinski definition) is 1. The van der Waals surface area contributed by atoms with Gasteiger partial charge in [-0.25, -0.2) is 0 Å². The van der Waals surface area contributed by atoms with Crippen LogP contribution >= 0.6 is 0 Å². The van der Waals surface area contributed by atoms with Crippen molar-refractivity contribution in [3.8, 4) is 5.75 Å². The molecule has 2 aromatic carbocycles. The summed E-state index contributed by atoms with van der Waals surface area (Å²) in [6, 6.07) is 16.7. The summed E-state index contributed by atoms with van der Waals surface area (Å²) in [5, 5.41) is 0. The number of methoxy groups -OCH3 is 1. The summed E-state index contributed by atoms with van der Waals surface area (Å²) in [5.74, 6) is 0.898. The van der Waals surface area contributed by atoms with Crippen molar-refractivity contribution in [3.05, 3.63) is 65.7 Å². The number of hydrogen-bond donors (Lipinski definition) is 0. The van der Waals surface area contributed by atoms with E-state index in [1.165, 1.54) is 17.0 Å². The number of nitrogens with zero attached hydrogens (tertiary/aromatic N) is 1. The third-order valence-electron chi connectivity index (χ3n) is 4.50. The van der Waals surface area contributed by atoms with E-state index < -0.39 is 0 Å². The third kappa shape index (κ3) is 2.25. The van der Waals surface area contributed by atoms with Crippen molar-refractivity contribution < 1.29 is 9.31 Å². The van der Waals surface area contributed by atoms with Crippen LogP contribution in [0, 0.1) is 0 Å². The topological polar surface area (TPSA) is 12.2 Å². The SMILES string of the molecule is COc1ccccc1/C=C/C1=[N+](C)c2ccccc2C1(C)C. The lowest BCUT2D eigenvalue weighted by molar-refractivity contribution is -0.401. The fourth-order valence-electron chi connectivity index (χ4n) is 3.27. The van der Waals surface area contributed by atoms with Gasteiger partial charge in [0.2, 0.25) is 5.69 Å². The fraction of sp³-hybridized carbons (Fsp3) is 0.250. The highest BCUT2D eigenvalue weighted by molar-refractivity contribution is 6.05. The Morgan fingerprint density at radius 3 is 2.36 bits per heavy atom. The predicted molar refractivity (Wildman–Crippen MR) is 92.3 cm³/mol. The second kappa shape index (κ2) is 5.45. The van der Waals surface area contributed by atoms with Gasteiger partial charge in [0.05, 0.1) is 12.5 Å². The maximum Gasteiger partial charge on any atom is 0.209 e. The number of fused-ring (bicyclic) bond motifs is 1. The van der Waals surface area contributed by atoms with Crippen LogP contribution in [0.15, 0.2) is 54.6 Å². The lowest BCUT2D eigenvalue weighted by atomic mass is 9.81. The molecule has 112 valence electrons. The van der Waals surface area contributed by atoms with Gasteiger partial charge in [-0.15, -0.1) is 0 Å². The molecule has 0 unspecified atom stereocenters. The van der Waals surface area contributed by atoms with Gasteiger partial charge in [0.25, 0.3) is 0 Å². The van der Waals surface area contributed by atoms with Gasteiger partial charge >= 0.3 is 0 Å². The standard InChI is InChI=1S/C20H22NO/c1-20(2)16-10-6-7-11-17(16)21(3)19(20)14-13-15-9-5-8-12-18(15)22-4/h5-14H,1-4H3/q+1/b14-13+. The molecule has 0 bridgehead atoms. The molecular weight excluding hydrogens is 270 g/mol. The van der Waals surface area contributed by atoms with Crippen molar-refractivity contribution in [2.75, 3.05) is 14.2 Å². The summed E-state index contributed by atoms with van der Waals surface area (Å²) >= 11 is 0. The zero-order chi connectivity index (χ0) is 15.7. The Kier molecular flexibility index (Phi) is 3.61. The molecule has 0 amide bonds. The van der Waals surface area contributed by atoms with Crippen molar-refractivity contribution >= 4 is 17.5 Å². The maximum absolute atomic E-state index is 5.43. The normalized spacial score (nSPS) is 16.2. The molecule has 0 spiro atoms. The summed E-state index contributed by atoms with van der Waals surface area (Å²) in [6.45, 7) is 4.55. The van der Waals surface area contributed by atoms with E-state index in [4.69, 9.17) is 4.74 Å². The Labute approximate surface area is 132 Å². The van der Waals surface area contributed by atoms with E-state index in [0.717, 1.165) is 11.3 Å². The van der Waals surface area contributed by atoms with Crippen LogP contribution in [0.2, 0.25) is 0 Å². The summed E-state index contributed by atoms with van der Waals surface area (Å²) in [7, 11) is 3.84. The Morgan fingerprint density at radius 2 is 1.64 bits per heavy atom. The smallest absolute Gasteiger partial charge is 0.209 e. The number of allylic oxidation sites excluding steroid dienone is 1. The average Bonchev–Trinajstić information content (AvgIpc) is 2.73. The second-order valence-electron chi connectivity index (χ2n) is 6.16. The Balaban J connectivity index is 2.03. The molecule has 0 atom stereocenters. The Morgan fingerprint density at radius 1 is 0.955 bits per heavy atom. The quantitative estimate of drug-likeness (QED) is 0.763. The molecule has 2 aromatic rings. The van der Waals surface area contributed by atoms with E-state index in [0.29, 0.717) is 0 Å². The van der Waals surface area contributed by atoms with Crippen molar-refractivity contribution in [1.82, 2.24) is 0 Å². The van der Waals surface area contributed by atoms with Crippen LogP contribution in [0.5, 0.6) is 5.75 Å². The number of rotatable bonds is 3. The van der Waals surface area contributed by atoms with Gasteiger partial charge in [0.15, 0.2) is 5.71 Å². The lowest BCUT2D eigenvalue weighted by Crippen LogP contribution is -2.26. The number of ether oxygens (including phenoxy) is 1. The molecule has 2 heteroatoms. The van der Waals surface area contributed by atoms with Gasteiger partial charge in [-0.3, -0.25) is 0 Å². The molecule has 0 fully saturated rings. The summed E-state index contributed by atoms with van der Waals surface area (Å²) in [5.41, 5.74) is 5.05. The zero-order valence-corrected chi connectivity index (χ0v) is 13.6. The molecular formula is C20H22NO+. The molecule has 1 aliphatic heterocycles. The minimum absolute atomic E-state index is 0.00383. The van der Waals surface area contributed by atoms with Crippen LogP contribution in [0.25, 0.3) is 6.08 Å². The zero-order valence-electron chi connectivity index (χ0n) is 13.6. The summed E-state index contributed by atoms with van der Waals surface area (Å²) in [4.78, 5) is 0. The molecule has 1 aliphatic rings. The Bertz CT molecular complexity index is 769. The van der Waals surface area contributed by atoms with E-state index in [9.17, 15) is 0 Å². The van der Waals surface area contributed by atoms with Crippen molar-refractivity contribution in [2.45, 2.75) is 19.3 Å². The van der Waals surface area contributed by atoms with E-state index in [1.54, 1.807) is 7.11 Å². The molecule has 0 saturated heterocycles. The van der Waals surface area contributed by atoms with Crippen LogP contribution in [0.3, 0.4) is 0 Å². The van der Waals surface area contributed by atoms with Gasteiger partial charge in [-0.05, 0) is 26.0 Å². The molecule has 0 aliphatic carbocycles. The lowest BCUT2D eigenvalue weighted by Gasteiger charge is -2.15. The van der Waals surface area contributed by atoms with Gasteiger partial charge in [-0.2, -0.15) is 4.58 Å². The minimum Gasteiger partial charge on any atom is -0.496 e. The molecule has 0 saturated carbocycles. The molecule has 3 rings (SSSR count). The first-order chi connectivity index (χ1) is 10.6. The monoisotopic (exact) mass is 292 g/mol. The first kappa shape index (κ1) is 14.6. The van der Waals surface area contributed by atoms with E-state index in [2.05, 4.69) is 68.0 Å². The number of benzene rings is 2. The average molecular weight is 292 g/mol. The van der Waals surface area contributed by atoms with Crippen molar-refractivity contribution in [3.63, 3.8) is 0 Å². The summed E-state index contributed by atoms with van der Waals surface area (Å²) in [6.07, 6.45) is 4.34. The van der Waals surface area contributed by atoms with Crippen LogP contribution in [-0.4, -0.2) is 24.4 Å². The van der Waals surface area contributed by atoms with Crippen LogP contribution in [0.4, 0.5) is 5.69 Å². The second-order valence-corrected chi connectivity index (χ2v) is 6.16. The highest BCUT2D eigenvalue weighted by Gasteiger charge is 2.42. The van der Waals surface area contributed by atoms with Crippen molar-refractivity contribution in [2.24, 2.45) is 0 Å². The van der Waals surface area contributed by atoms with Gasteiger partial charge in [-0.1, -0.05) is 36.4 Å². The van der Waals surface area contributed by atoms with E-state index in [1.807, 2.05) is 18.2 Å². The molecule has 2 nitrogen and oxygen atoms in total. The van der Waals surface area contributed by atoms with Crippen LogP contribution in [-0.2, 0) is 5.41 Å². The number of para-hydroxylation sites is 2. The minimum atomic E-state index is 0.00383. The first-order valence-electron chi connectivity index (χ1n) is 7.57. The highest BCUT2D eigenvalue weighted by Crippen LogP contribution is 2.39. The molecule has 0 N–H and O–H groups in total. The van der Waals surface area contributed by atoms with Gasteiger partial charge in [0.1, 0.15) is 12.8 Å². The maximum atomic E-state index is 5.43. The Hall–Kier alpha value is -2.35. The van der Waals surface area contributed by atoms with E-state index in [-0.39, 0.29) is 5.41 Å². The highest BCUT2D eigenvalue weighted by atomic mass is 16.5. The molecule has 22 heavy (non-hydrogen) atoms. The third-order valence-corrected chi connectivity index (χ3v) is 4.50. The van der Waals surface area contributed by atoms with Crippen LogP contribution in [0.1, 0.15) is 25.0 Å². The van der Waals surface area contributed by atoms with Crippen molar-refractivity contribution in [1.29, 1.82) is 0 Å². The first-order valence-corrected chi connectivity index (χ1v) is 7.57. The fourth-order valence-corrected chi connectivity index (χ4v) is 3.27. The van der Waals surface area contributed by atoms with Gasteiger partial charge in [0, 0.05) is 23.3 Å². The largest absolute Gasteiger partial charge is 0.496 e. The van der Waals surface area contributed by atoms with Crippen LogP contribution < -0.4 is 4.74 Å². The molecule has 0 aromatic heterocycles. The van der Waals surface area contributed by atoms with Gasteiger partial charge < -0.3 is 4.74 Å². The predicted octanol–water partition coefficient (Wildman–Crippen LogP) is 4.41. The molecule has 0 radical (unpaired) electrons. The summed E-state index contributed by atoms with van der Waals surface area (Å²) < 4.78 is 7.71. The molecule has 1 heterocycles. The van der Waals surface area contributed by atoms with E-state index >= 15 is 0 Å².